The van der Waals surface area contributed by atoms with E-state index < -0.39 is 5.97 Å². The minimum Gasteiger partial charge on any atom is -0.478 e. The fourth-order valence-corrected chi connectivity index (χ4v) is 3.69. The third-order valence-corrected chi connectivity index (χ3v) is 5.22. The molecule has 0 amide bonds. The van der Waals surface area contributed by atoms with E-state index in [-0.39, 0.29) is 0 Å². The third-order valence-electron chi connectivity index (χ3n) is 5.22. The highest BCUT2D eigenvalue weighted by atomic mass is 16.4. The second kappa shape index (κ2) is 6.19. The molecule has 0 saturated carbocycles. The average molecular weight is 312 g/mol. The fraction of sp³-hybridized carbons (Fsp3) is 0.474. The number of hydrogen-bond donors (Lipinski definition) is 1. The zero-order valence-electron chi connectivity index (χ0n) is 14.0. The van der Waals surface area contributed by atoms with Crippen LogP contribution < -0.4 is 0 Å². The van der Waals surface area contributed by atoms with Crippen LogP contribution in [0.2, 0.25) is 0 Å². The van der Waals surface area contributed by atoms with Crippen molar-refractivity contribution in [3.8, 4) is 11.1 Å². The van der Waals surface area contributed by atoms with E-state index in [1.807, 2.05) is 25.3 Å². The van der Waals surface area contributed by atoms with Crippen LogP contribution in [0.25, 0.3) is 11.1 Å². The van der Waals surface area contributed by atoms with Crippen LogP contribution in [0.1, 0.15) is 60.6 Å². The number of carboxylic acids is 1. The van der Waals surface area contributed by atoms with E-state index in [0.717, 1.165) is 29.7 Å². The maximum Gasteiger partial charge on any atom is 0.335 e. The van der Waals surface area contributed by atoms with Crippen LogP contribution in [-0.2, 0) is 6.54 Å². The average Bonchev–Trinajstić information content (AvgIpc) is 2.97. The van der Waals surface area contributed by atoms with Gasteiger partial charge in [-0.05, 0) is 42.9 Å². The van der Waals surface area contributed by atoms with Crippen molar-refractivity contribution in [2.45, 2.75) is 52.5 Å². The molecule has 23 heavy (non-hydrogen) atoms. The van der Waals surface area contributed by atoms with Crippen molar-refractivity contribution in [3.05, 3.63) is 41.2 Å². The van der Waals surface area contributed by atoms with Crippen molar-refractivity contribution < 1.29 is 9.90 Å². The quantitative estimate of drug-likeness (QED) is 0.905. The fourth-order valence-electron chi connectivity index (χ4n) is 3.69. The number of carbonyl (C=O) groups is 1. The standard InChI is InChI=1S/C19H24N2O2/c1-4-12(2)15-6-5-9-21-18(15)17(11-20-21)14-7-8-16(19(22)23)13(3)10-14/h7-8,10-12,15H,4-6,9H2,1-3H3,(H,22,23). The van der Waals surface area contributed by atoms with Crippen LogP contribution in [0.15, 0.2) is 24.4 Å². The van der Waals surface area contributed by atoms with Gasteiger partial charge in [-0.1, -0.05) is 32.4 Å². The molecular formula is C19H24N2O2. The normalized spacial score (nSPS) is 18.5. The first kappa shape index (κ1) is 15.8. The van der Waals surface area contributed by atoms with Crippen molar-refractivity contribution in [3.63, 3.8) is 0 Å². The Kier molecular flexibility index (Phi) is 4.24. The molecule has 4 heteroatoms. The van der Waals surface area contributed by atoms with E-state index in [4.69, 9.17) is 0 Å². The van der Waals surface area contributed by atoms with E-state index >= 15 is 0 Å². The molecule has 0 spiro atoms. The van der Waals surface area contributed by atoms with Gasteiger partial charge in [-0.3, -0.25) is 4.68 Å². The summed E-state index contributed by atoms with van der Waals surface area (Å²) in [7, 11) is 0. The lowest BCUT2D eigenvalue weighted by Gasteiger charge is -2.29. The molecule has 2 unspecified atom stereocenters. The number of carboxylic acid groups (broad SMARTS) is 1. The number of aromatic nitrogens is 2. The Hall–Kier alpha value is -2.10. The Balaban J connectivity index is 2.07. The summed E-state index contributed by atoms with van der Waals surface area (Å²) in [6, 6.07) is 5.60. The smallest absolute Gasteiger partial charge is 0.335 e. The number of rotatable bonds is 4. The van der Waals surface area contributed by atoms with E-state index in [9.17, 15) is 9.90 Å². The van der Waals surface area contributed by atoms with Crippen LogP contribution in [0, 0.1) is 12.8 Å². The van der Waals surface area contributed by atoms with Gasteiger partial charge in [-0.15, -0.1) is 0 Å². The molecule has 122 valence electrons. The molecule has 1 aliphatic rings. The van der Waals surface area contributed by atoms with E-state index in [2.05, 4.69) is 23.6 Å². The molecule has 2 heterocycles. The summed E-state index contributed by atoms with van der Waals surface area (Å²) in [5, 5.41) is 13.8. The number of aryl methyl sites for hydroxylation is 2. The molecule has 2 aromatic rings. The van der Waals surface area contributed by atoms with E-state index in [0.29, 0.717) is 17.4 Å². The first-order valence-corrected chi connectivity index (χ1v) is 8.43. The van der Waals surface area contributed by atoms with Gasteiger partial charge in [-0.25, -0.2) is 4.79 Å². The van der Waals surface area contributed by atoms with Gasteiger partial charge in [0.05, 0.1) is 11.8 Å². The maximum atomic E-state index is 11.2. The summed E-state index contributed by atoms with van der Waals surface area (Å²) in [4.78, 5) is 11.2. The van der Waals surface area contributed by atoms with Gasteiger partial charge >= 0.3 is 5.97 Å². The van der Waals surface area contributed by atoms with E-state index in [1.165, 1.54) is 18.5 Å². The Morgan fingerprint density at radius 3 is 2.91 bits per heavy atom. The highest BCUT2D eigenvalue weighted by Crippen LogP contribution is 2.40. The highest BCUT2D eigenvalue weighted by molar-refractivity contribution is 5.90. The molecule has 0 saturated heterocycles. The molecule has 1 aromatic carbocycles. The highest BCUT2D eigenvalue weighted by Gasteiger charge is 2.28. The van der Waals surface area contributed by atoms with Crippen LogP contribution in [0.3, 0.4) is 0 Å². The van der Waals surface area contributed by atoms with Gasteiger partial charge in [0.25, 0.3) is 0 Å². The SMILES string of the molecule is CCC(C)C1CCCn2ncc(-c3ccc(C(=O)O)c(C)c3)c21. The third kappa shape index (κ3) is 2.78. The summed E-state index contributed by atoms with van der Waals surface area (Å²) >= 11 is 0. The second-order valence-electron chi connectivity index (χ2n) is 6.64. The van der Waals surface area contributed by atoms with Gasteiger partial charge in [0.2, 0.25) is 0 Å². The molecule has 0 radical (unpaired) electrons. The monoisotopic (exact) mass is 312 g/mol. The number of nitrogens with zero attached hydrogens (tertiary/aromatic N) is 2. The van der Waals surface area contributed by atoms with Gasteiger partial charge in [0.15, 0.2) is 0 Å². The molecular weight excluding hydrogens is 288 g/mol. The topological polar surface area (TPSA) is 55.1 Å². The molecule has 2 atom stereocenters. The Morgan fingerprint density at radius 1 is 1.48 bits per heavy atom. The predicted molar refractivity (Wildman–Crippen MR) is 90.8 cm³/mol. The molecule has 4 nitrogen and oxygen atoms in total. The minimum atomic E-state index is -0.872. The van der Waals surface area contributed by atoms with Crippen LogP contribution >= 0.6 is 0 Å². The van der Waals surface area contributed by atoms with Crippen molar-refractivity contribution in [1.29, 1.82) is 0 Å². The maximum absolute atomic E-state index is 11.2. The summed E-state index contributed by atoms with van der Waals surface area (Å²) in [6.45, 7) is 7.39. The van der Waals surface area contributed by atoms with Crippen LogP contribution in [0.5, 0.6) is 0 Å². The predicted octanol–water partition coefficient (Wildman–Crippen LogP) is 4.48. The molecule has 0 aliphatic carbocycles. The van der Waals surface area contributed by atoms with Gasteiger partial charge in [0.1, 0.15) is 0 Å². The summed E-state index contributed by atoms with van der Waals surface area (Å²) in [6.07, 6.45) is 5.50. The number of aromatic carboxylic acids is 1. The number of fused-ring (bicyclic) bond motifs is 1. The zero-order chi connectivity index (χ0) is 16.6. The molecule has 1 N–H and O–H groups in total. The largest absolute Gasteiger partial charge is 0.478 e. The summed E-state index contributed by atoms with van der Waals surface area (Å²) in [5.74, 6) is 0.290. The Labute approximate surface area is 137 Å². The summed E-state index contributed by atoms with van der Waals surface area (Å²) in [5.41, 5.74) is 4.73. The van der Waals surface area contributed by atoms with E-state index in [1.54, 1.807) is 6.07 Å². The lowest BCUT2D eigenvalue weighted by molar-refractivity contribution is 0.0696. The van der Waals surface area contributed by atoms with Crippen molar-refractivity contribution in [1.82, 2.24) is 9.78 Å². The molecule has 3 rings (SSSR count). The van der Waals surface area contributed by atoms with Gasteiger partial charge in [0, 0.05) is 23.7 Å². The zero-order valence-corrected chi connectivity index (χ0v) is 14.0. The number of hydrogen-bond acceptors (Lipinski definition) is 2. The van der Waals surface area contributed by atoms with Gasteiger partial charge < -0.3 is 5.11 Å². The van der Waals surface area contributed by atoms with Crippen molar-refractivity contribution >= 4 is 5.97 Å². The Bertz CT molecular complexity index is 733. The van der Waals surface area contributed by atoms with Crippen LogP contribution in [0.4, 0.5) is 0 Å². The lowest BCUT2D eigenvalue weighted by Crippen LogP contribution is -2.21. The van der Waals surface area contributed by atoms with Crippen LogP contribution in [-0.4, -0.2) is 20.9 Å². The number of benzene rings is 1. The first-order chi connectivity index (χ1) is 11.0. The summed E-state index contributed by atoms with van der Waals surface area (Å²) < 4.78 is 2.15. The minimum absolute atomic E-state index is 0.369. The van der Waals surface area contributed by atoms with Crippen molar-refractivity contribution in [2.75, 3.05) is 0 Å². The van der Waals surface area contributed by atoms with Gasteiger partial charge in [-0.2, -0.15) is 5.10 Å². The second-order valence-corrected chi connectivity index (χ2v) is 6.64. The van der Waals surface area contributed by atoms with Crippen molar-refractivity contribution in [2.24, 2.45) is 5.92 Å². The molecule has 1 aliphatic heterocycles. The molecule has 0 bridgehead atoms. The Morgan fingerprint density at radius 2 is 2.26 bits per heavy atom. The first-order valence-electron chi connectivity index (χ1n) is 8.43. The molecule has 0 fully saturated rings. The lowest BCUT2D eigenvalue weighted by atomic mass is 9.81. The molecule has 1 aromatic heterocycles.